The summed E-state index contributed by atoms with van der Waals surface area (Å²) >= 11 is 7.73. The maximum Gasteiger partial charge on any atom is 0.263 e. The highest BCUT2D eigenvalue weighted by atomic mass is 35.5. The highest BCUT2D eigenvalue weighted by molar-refractivity contribution is 7.21. The minimum absolute atomic E-state index is 0.192. The third-order valence-electron chi connectivity index (χ3n) is 3.61. The van der Waals surface area contributed by atoms with Crippen LogP contribution in [0.3, 0.4) is 0 Å². The molecule has 0 saturated carbocycles. The lowest BCUT2D eigenvalue weighted by molar-refractivity contribution is 0.0955. The Balaban J connectivity index is 1.78. The maximum absolute atomic E-state index is 12.5. The normalized spacial score (nSPS) is 10.6. The zero-order valence-corrected chi connectivity index (χ0v) is 14.8. The molecule has 3 rings (SSSR count). The van der Waals surface area contributed by atoms with Crippen LogP contribution in [0, 0.1) is 0 Å². The minimum Gasteiger partial charge on any atom is -0.497 e. The van der Waals surface area contributed by atoms with Crippen LogP contribution in [0.4, 0.5) is 0 Å². The van der Waals surface area contributed by atoms with Gasteiger partial charge in [-0.25, -0.2) is 0 Å². The van der Waals surface area contributed by atoms with E-state index in [0.717, 1.165) is 15.6 Å². The summed E-state index contributed by atoms with van der Waals surface area (Å²) in [6, 6.07) is 13.2. The second kappa shape index (κ2) is 7.11. The van der Waals surface area contributed by atoms with Crippen molar-refractivity contribution in [3.05, 3.63) is 57.9 Å². The highest BCUT2D eigenvalue weighted by Crippen LogP contribution is 2.35. The van der Waals surface area contributed by atoms with Gasteiger partial charge in [-0.15, -0.1) is 11.3 Å². The summed E-state index contributed by atoms with van der Waals surface area (Å²) in [5, 5.41) is 4.29. The molecule has 1 aromatic heterocycles. The number of ether oxygens (including phenoxy) is 2. The predicted molar refractivity (Wildman–Crippen MR) is 97.6 cm³/mol. The molecule has 124 valence electrons. The summed E-state index contributed by atoms with van der Waals surface area (Å²) < 4.78 is 11.5. The number of thiophene rings is 1. The number of rotatable bonds is 5. The molecule has 0 spiro atoms. The monoisotopic (exact) mass is 361 g/mol. The van der Waals surface area contributed by atoms with Crippen LogP contribution >= 0.6 is 22.9 Å². The topological polar surface area (TPSA) is 47.6 Å². The van der Waals surface area contributed by atoms with E-state index in [1.165, 1.54) is 11.3 Å². The minimum atomic E-state index is -0.192. The second-order valence-corrected chi connectivity index (χ2v) is 6.58. The molecule has 0 unspecified atom stereocenters. The Kier molecular flexibility index (Phi) is 4.92. The smallest absolute Gasteiger partial charge is 0.263 e. The third-order valence-corrected chi connectivity index (χ3v) is 5.28. The molecule has 1 N–H and O–H groups in total. The van der Waals surface area contributed by atoms with Crippen molar-refractivity contribution < 1.29 is 14.3 Å². The Morgan fingerprint density at radius 2 is 1.79 bits per heavy atom. The van der Waals surface area contributed by atoms with Crippen LogP contribution in [0.2, 0.25) is 5.02 Å². The number of carbonyl (C=O) groups is 1. The predicted octanol–water partition coefficient (Wildman–Crippen LogP) is 4.50. The van der Waals surface area contributed by atoms with E-state index in [-0.39, 0.29) is 5.91 Å². The van der Waals surface area contributed by atoms with E-state index in [0.29, 0.717) is 27.9 Å². The summed E-state index contributed by atoms with van der Waals surface area (Å²) in [6.45, 7) is 0.358. The van der Waals surface area contributed by atoms with E-state index in [4.69, 9.17) is 21.1 Å². The molecule has 0 aliphatic rings. The number of hydrogen-bond donors (Lipinski definition) is 1. The molecule has 0 atom stereocenters. The zero-order valence-electron chi connectivity index (χ0n) is 13.3. The Bertz CT molecular complexity index is 869. The van der Waals surface area contributed by atoms with E-state index in [1.807, 2.05) is 36.4 Å². The number of nitrogens with one attached hydrogen (secondary N) is 1. The average molecular weight is 362 g/mol. The van der Waals surface area contributed by atoms with Gasteiger partial charge in [0, 0.05) is 22.7 Å². The Morgan fingerprint density at radius 3 is 2.42 bits per heavy atom. The van der Waals surface area contributed by atoms with E-state index in [2.05, 4.69) is 5.32 Å². The number of halogens is 1. The van der Waals surface area contributed by atoms with Crippen LogP contribution in [0.1, 0.15) is 15.2 Å². The lowest BCUT2D eigenvalue weighted by Gasteiger charge is -2.09. The summed E-state index contributed by atoms with van der Waals surface area (Å²) in [5.41, 5.74) is 0.886. The Labute approximate surface area is 149 Å². The molecule has 1 amide bonds. The molecule has 0 aliphatic heterocycles. The average Bonchev–Trinajstić information content (AvgIpc) is 2.96. The molecule has 0 saturated heterocycles. The van der Waals surface area contributed by atoms with Crippen LogP contribution in [0.25, 0.3) is 10.1 Å². The fraction of sp³-hybridized carbons (Fsp3) is 0.167. The lowest BCUT2D eigenvalue weighted by atomic mass is 10.2. The van der Waals surface area contributed by atoms with Crippen molar-refractivity contribution in [3.8, 4) is 11.5 Å². The summed E-state index contributed by atoms with van der Waals surface area (Å²) in [7, 11) is 3.18. The number of carbonyl (C=O) groups excluding carboxylic acids is 1. The van der Waals surface area contributed by atoms with E-state index in [1.54, 1.807) is 20.3 Å². The van der Waals surface area contributed by atoms with Crippen molar-refractivity contribution in [2.45, 2.75) is 6.54 Å². The molecule has 0 bridgehead atoms. The summed E-state index contributed by atoms with van der Waals surface area (Å²) in [5.74, 6) is 1.17. The molecule has 0 radical (unpaired) electrons. The van der Waals surface area contributed by atoms with Gasteiger partial charge in [-0.05, 0) is 23.8 Å². The fourth-order valence-corrected chi connectivity index (χ4v) is 3.82. The van der Waals surface area contributed by atoms with E-state index >= 15 is 0 Å². The number of hydrogen-bond acceptors (Lipinski definition) is 4. The van der Waals surface area contributed by atoms with Crippen molar-refractivity contribution in [1.29, 1.82) is 0 Å². The SMILES string of the molecule is COc1cc(CNC(=O)c2sc3ccccc3c2Cl)cc(OC)c1. The molecule has 0 aliphatic carbocycles. The van der Waals surface area contributed by atoms with Gasteiger partial charge < -0.3 is 14.8 Å². The van der Waals surface area contributed by atoms with Crippen molar-refractivity contribution >= 4 is 38.9 Å². The van der Waals surface area contributed by atoms with Crippen LogP contribution in [0.5, 0.6) is 11.5 Å². The first-order valence-electron chi connectivity index (χ1n) is 7.29. The third kappa shape index (κ3) is 3.32. The van der Waals surface area contributed by atoms with Gasteiger partial charge in [0.2, 0.25) is 0 Å². The van der Waals surface area contributed by atoms with Gasteiger partial charge in [-0.2, -0.15) is 0 Å². The Hall–Kier alpha value is -2.24. The van der Waals surface area contributed by atoms with Gasteiger partial charge in [0.25, 0.3) is 5.91 Å². The fourth-order valence-electron chi connectivity index (χ4n) is 2.39. The molecular formula is C18H16ClNO3S. The van der Waals surface area contributed by atoms with Crippen LogP contribution < -0.4 is 14.8 Å². The molecule has 4 nitrogen and oxygen atoms in total. The van der Waals surface area contributed by atoms with Crippen molar-refractivity contribution in [3.63, 3.8) is 0 Å². The van der Waals surface area contributed by atoms with Crippen molar-refractivity contribution in [2.24, 2.45) is 0 Å². The maximum atomic E-state index is 12.5. The van der Waals surface area contributed by atoms with Crippen molar-refractivity contribution in [2.75, 3.05) is 14.2 Å². The number of methoxy groups -OCH3 is 2. The van der Waals surface area contributed by atoms with E-state index in [9.17, 15) is 4.79 Å². The lowest BCUT2D eigenvalue weighted by Crippen LogP contribution is -2.22. The van der Waals surface area contributed by atoms with Crippen molar-refractivity contribution in [1.82, 2.24) is 5.32 Å². The summed E-state index contributed by atoms with van der Waals surface area (Å²) in [4.78, 5) is 13.0. The quantitative estimate of drug-likeness (QED) is 0.727. The standard InChI is InChI=1S/C18H16ClNO3S/c1-22-12-7-11(8-13(9-12)23-2)10-20-18(21)17-16(19)14-5-3-4-6-15(14)24-17/h3-9H,10H2,1-2H3,(H,20,21). The Morgan fingerprint density at radius 1 is 1.12 bits per heavy atom. The molecule has 24 heavy (non-hydrogen) atoms. The number of amides is 1. The van der Waals surface area contributed by atoms with Gasteiger partial charge in [-0.1, -0.05) is 29.8 Å². The number of fused-ring (bicyclic) bond motifs is 1. The molecule has 3 aromatic rings. The van der Waals surface area contributed by atoms with Gasteiger partial charge in [-0.3, -0.25) is 4.79 Å². The van der Waals surface area contributed by atoms with Crippen LogP contribution in [-0.4, -0.2) is 20.1 Å². The van der Waals surface area contributed by atoms with Gasteiger partial charge in [0.05, 0.1) is 19.2 Å². The molecule has 6 heteroatoms. The zero-order chi connectivity index (χ0) is 17.1. The first kappa shape index (κ1) is 16.6. The molecule has 1 heterocycles. The number of benzene rings is 2. The first-order valence-corrected chi connectivity index (χ1v) is 8.49. The van der Waals surface area contributed by atoms with Gasteiger partial charge in [0.1, 0.15) is 16.4 Å². The molecular weight excluding hydrogens is 346 g/mol. The van der Waals surface area contributed by atoms with Gasteiger partial charge in [0.15, 0.2) is 0 Å². The molecule has 0 fully saturated rings. The largest absolute Gasteiger partial charge is 0.497 e. The van der Waals surface area contributed by atoms with Gasteiger partial charge >= 0.3 is 0 Å². The molecule has 2 aromatic carbocycles. The summed E-state index contributed by atoms with van der Waals surface area (Å²) in [6.07, 6.45) is 0. The van der Waals surface area contributed by atoms with Crippen LogP contribution in [-0.2, 0) is 6.54 Å². The first-order chi connectivity index (χ1) is 11.6. The van der Waals surface area contributed by atoms with Crippen LogP contribution in [0.15, 0.2) is 42.5 Å². The highest BCUT2D eigenvalue weighted by Gasteiger charge is 2.16. The van der Waals surface area contributed by atoms with E-state index < -0.39 is 0 Å². The second-order valence-electron chi connectivity index (χ2n) is 5.14.